The van der Waals surface area contributed by atoms with Gasteiger partial charge >= 0.3 is 0 Å². The smallest absolute Gasteiger partial charge is 0.269 e. The second-order valence-corrected chi connectivity index (χ2v) is 5.02. The molecule has 0 spiro atoms. The van der Waals surface area contributed by atoms with E-state index in [9.17, 15) is 14.9 Å². The topological polar surface area (TPSA) is 75.5 Å². The molecule has 2 fully saturated rings. The standard InChI is InChI=1S/C13H15N3O3/c17-12-8-14-13(15(12)10-4-2-5-10)9-3-1-6-11(7-9)16(18)19/h1,3,6-7,10,13-14H,2,4-5,8H2. The van der Waals surface area contributed by atoms with Crippen molar-refractivity contribution in [2.24, 2.45) is 0 Å². The minimum Gasteiger partial charge on any atom is -0.319 e. The van der Waals surface area contributed by atoms with Gasteiger partial charge < -0.3 is 4.90 Å². The SMILES string of the molecule is O=C1CNC(c2cccc([N+](=O)[O-])c2)N1C1CCC1. The van der Waals surface area contributed by atoms with Crippen molar-refractivity contribution in [1.82, 2.24) is 10.2 Å². The highest BCUT2D eigenvalue weighted by atomic mass is 16.6. The summed E-state index contributed by atoms with van der Waals surface area (Å²) < 4.78 is 0. The number of carbonyl (C=O) groups excluding carboxylic acids is 1. The average Bonchev–Trinajstić information content (AvgIpc) is 2.70. The van der Waals surface area contributed by atoms with E-state index in [2.05, 4.69) is 5.32 Å². The molecule has 1 heterocycles. The first-order valence-corrected chi connectivity index (χ1v) is 6.46. The van der Waals surface area contributed by atoms with Gasteiger partial charge in [0, 0.05) is 18.2 Å². The molecule has 1 unspecified atom stereocenters. The molecule has 2 aliphatic rings. The number of nitrogens with one attached hydrogen (secondary N) is 1. The van der Waals surface area contributed by atoms with Gasteiger partial charge in [-0.25, -0.2) is 0 Å². The maximum atomic E-state index is 11.9. The Bertz CT molecular complexity index is 528. The molecule has 0 radical (unpaired) electrons. The molecule has 1 N–H and O–H groups in total. The van der Waals surface area contributed by atoms with Gasteiger partial charge in [-0.2, -0.15) is 0 Å². The van der Waals surface area contributed by atoms with Gasteiger partial charge in [0.05, 0.1) is 11.5 Å². The number of nitro benzene ring substituents is 1. The maximum Gasteiger partial charge on any atom is 0.269 e. The summed E-state index contributed by atoms with van der Waals surface area (Å²) >= 11 is 0. The van der Waals surface area contributed by atoms with E-state index in [1.807, 2.05) is 11.0 Å². The molecule has 1 saturated heterocycles. The van der Waals surface area contributed by atoms with Gasteiger partial charge in [-0.1, -0.05) is 12.1 Å². The summed E-state index contributed by atoms with van der Waals surface area (Å²) in [4.78, 5) is 24.2. The zero-order valence-electron chi connectivity index (χ0n) is 10.4. The van der Waals surface area contributed by atoms with Crippen LogP contribution in [0, 0.1) is 10.1 Å². The molecule has 1 amide bonds. The second-order valence-electron chi connectivity index (χ2n) is 5.02. The highest BCUT2D eigenvalue weighted by Gasteiger charge is 2.39. The van der Waals surface area contributed by atoms with E-state index in [0.29, 0.717) is 6.54 Å². The first-order chi connectivity index (χ1) is 9.16. The van der Waals surface area contributed by atoms with Crippen molar-refractivity contribution in [3.8, 4) is 0 Å². The number of nitro groups is 1. The first kappa shape index (κ1) is 12.1. The largest absolute Gasteiger partial charge is 0.319 e. The number of benzene rings is 1. The maximum absolute atomic E-state index is 11.9. The molecule has 1 atom stereocenters. The molecular formula is C13H15N3O3. The first-order valence-electron chi connectivity index (χ1n) is 6.46. The zero-order chi connectivity index (χ0) is 13.4. The summed E-state index contributed by atoms with van der Waals surface area (Å²) in [5, 5.41) is 14.0. The monoisotopic (exact) mass is 261 g/mol. The number of hydrogen-bond donors (Lipinski definition) is 1. The minimum absolute atomic E-state index is 0.0622. The zero-order valence-corrected chi connectivity index (χ0v) is 10.4. The van der Waals surface area contributed by atoms with E-state index in [4.69, 9.17) is 0 Å². The lowest BCUT2D eigenvalue weighted by Gasteiger charge is -2.38. The summed E-state index contributed by atoms with van der Waals surface area (Å²) in [6.45, 7) is 0.309. The molecule has 0 aromatic heterocycles. The quantitative estimate of drug-likeness (QED) is 0.662. The van der Waals surface area contributed by atoms with E-state index >= 15 is 0 Å². The molecule has 6 heteroatoms. The van der Waals surface area contributed by atoms with E-state index in [1.54, 1.807) is 12.1 Å². The summed E-state index contributed by atoms with van der Waals surface area (Å²) in [6.07, 6.45) is 2.98. The predicted molar refractivity (Wildman–Crippen MR) is 68.3 cm³/mol. The number of hydrogen-bond acceptors (Lipinski definition) is 4. The third-order valence-corrected chi connectivity index (χ3v) is 3.88. The van der Waals surface area contributed by atoms with Crippen LogP contribution in [0.4, 0.5) is 5.69 Å². The van der Waals surface area contributed by atoms with E-state index < -0.39 is 4.92 Å². The number of nitrogens with zero attached hydrogens (tertiary/aromatic N) is 2. The highest BCUT2D eigenvalue weighted by Crippen LogP contribution is 2.34. The summed E-state index contributed by atoms with van der Waals surface area (Å²) in [7, 11) is 0. The third kappa shape index (κ3) is 2.08. The highest BCUT2D eigenvalue weighted by molar-refractivity contribution is 5.81. The van der Waals surface area contributed by atoms with Gasteiger partial charge in [-0.3, -0.25) is 20.2 Å². The molecule has 1 aliphatic carbocycles. The lowest BCUT2D eigenvalue weighted by molar-refractivity contribution is -0.385. The van der Waals surface area contributed by atoms with Crippen molar-refractivity contribution in [1.29, 1.82) is 0 Å². The Morgan fingerprint density at radius 1 is 1.37 bits per heavy atom. The van der Waals surface area contributed by atoms with Crippen molar-refractivity contribution < 1.29 is 9.72 Å². The van der Waals surface area contributed by atoms with Crippen LogP contribution in [0.25, 0.3) is 0 Å². The van der Waals surface area contributed by atoms with E-state index in [0.717, 1.165) is 24.8 Å². The Balaban J connectivity index is 1.89. The third-order valence-electron chi connectivity index (χ3n) is 3.88. The van der Waals surface area contributed by atoms with Crippen molar-refractivity contribution in [3.05, 3.63) is 39.9 Å². The van der Waals surface area contributed by atoms with Gasteiger partial charge in [-0.15, -0.1) is 0 Å². The van der Waals surface area contributed by atoms with Crippen LogP contribution in [0.5, 0.6) is 0 Å². The molecule has 1 aliphatic heterocycles. The Labute approximate surface area is 110 Å². The van der Waals surface area contributed by atoms with Crippen LogP contribution in [0.2, 0.25) is 0 Å². The Hall–Kier alpha value is -1.95. The number of carbonyl (C=O) groups is 1. The molecule has 6 nitrogen and oxygen atoms in total. The molecule has 100 valence electrons. The van der Waals surface area contributed by atoms with Gasteiger partial charge in [0.15, 0.2) is 0 Å². The molecule has 3 rings (SSSR count). The lowest BCUT2D eigenvalue weighted by Crippen LogP contribution is -2.43. The lowest BCUT2D eigenvalue weighted by atomic mass is 9.90. The molecule has 1 saturated carbocycles. The van der Waals surface area contributed by atoms with Gasteiger partial charge in [0.2, 0.25) is 5.91 Å². The van der Waals surface area contributed by atoms with Crippen molar-refractivity contribution in [3.63, 3.8) is 0 Å². The van der Waals surface area contributed by atoms with Gasteiger partial charge in [0.1, 0.15) is 6.17 Å². The molecule has 19 heavy (non-hydrogen) atoms. The Morgan fingerprint density at radius 2 is 2.16 bits per heavy atom. The van der Waals surface area contributed by atoms with Crippen LogP contribution in [0.3, 0.4) is 0 Å². The van der Waals surface area contributed by atoms with E-state index in [-0.39, 0.29) is 23.8 Å². The van der Waals surface area contributed by atoms with Gasteiger partial charge in [-0.05, 0) is 24.8 Å². The van der Waals surface area contributed by atoms with Crippen LogP contribution in [0.15, 0.2) is 24.3 Å². The Morgan fingerprint density at radius 3 is 2.79 bits per heavy atom. The normalized spacial score (nSPS) is 23.5. The number of non-ortho nitro benzene ring substituents is 1. The van der Waals surface area contributed by atoms with Crippen molar-refractivity contribution >= 4 is 11.6 Å². The molecule has 1 aromatic carbocycles. The molecule has 0 bridgehead atoms. The average molecular weight is 261 g/mol. The fraction of sp³-hybridized carbons (Fsp3) is 0.462. The molecule has 1 aromatic rings. The van der Waals surface area contributed by atoms with Crippen LogP contribution in [0.1, 0.15) is 31.0 Å². The molecular weight excluding hydrogens is 246 g/mol. The number of rotatable bonds is 3. The fourth-order valence-electron chi connectivity index (χ4n) is 2.68. The van der Waals surface area contributed by atoms with E-state index in [1.165, 1.54) is 6.07 Å². The second kappa shape index (κ2) is 4.62. The van der Waals surface area contributed by atoms with Crippen molar-refractivity contribution in [2.45, 2.75) is 31.5 Å². The van der Waals surface area contributed by atoms with Crippen LogP contribution in [-0.2, 0) is 4.79 Å². The fourth-order valence-corrected chi connectivity index (χ4v) is 2.68. The van der Waals surface area contributed by atoms with Gasteiger partial charge in [0.25, 0.3) is 5.69 Å². The summed E-state index contributed by atoms with van der Waals surface area (Å²) in [5.41, 5.74) is 0.846. The Kier molecular flexibility index (Phi) is 2.94. The number of amides is 1. The van der Waals surface area contributed by atoms with Crippen LogP contribution < -0.4 is 5.32 Å². The predicted octanol–water partition coefficient (Wildman–Crippen LogP) is 1.58. The van der Waals surface area contributed by atoms with Crippen molar-refractivity contribution in [2.75, 3.05) is 6.54 Å². The summed E-state index contributed by atoms with van der Waals surface area (Å²) in [5.74, 6) is 0.0845. The summed E-state index contributed by atoms with van der Waals surface area (Å²) in [6, 6.07) is 6.79. The van der Waals surface area contributed by atoms with Crippen LogP contribution in [-0.4, -0.2) is 28.3 Å². The van der Waals surface area contributed by atoms with Crippen LogP contribution >= 0.6 is 0 Å². The minimum atomic E-state index is -0.409.